The molecule has 21 heavy (non-hydrogen) atoms. The summed E-state index contributed by atoms with van der Waals surface area (Å²) >= 11 is 0. The van der Waals surface area contributed by atoms with E-state index in [0.29, 0.717) is 16.8 Å². The molecule has 5 heteroatoms. The SMILES string of the molecule is O=C(CC1OC(=O)c2ccccc21)Nc1cccc(F)c1. The molecule has 3 rings (SSSR count). The molecule has 0 aliphatic carbocycles. The molecule has 0 aromatic heterocycles. The Hall–Kier alpha value is -2.69. The fraction of sp³-hybridized carbons (Fsp3) is 0.125. The Labute approximate surface area is 120 Å². The first kappa shape index (κ1) is 13.3. The number of esters is 1. The Morgan fingerprint density at radius 2 is 2.00 bits per heavy atom. The summed E-state index contributed by atoms with van der Waals surface area (Å²) in [4.78, 5) is 23.6. The van der Waals surface area contributed by atoms with Crippen LogP contribution in [0, 0.1) is 5.82 Å². The number of anilines is 1. The van der Waals surface area contributed by atoms with Gasteiger partial charge in [0, 0.05) is 11.3 Å². The van der Waals surface area contributed by atoms with Gasteiger partial charge in [-0.25, -0.2) is 9.18 Å². The maximum atomic E-state index is 13.1. The largest absolute Gasteiger partial charge is 0.453 e. The van der Waals surface area contributed by atoms with Crippen LogP contribution in [0.25, 0.3) is 0 Å². The molecule has 1 aliphatic heterocycles. The van der Waals surface area contributed by atoms with E-state index in [1.54, 1.807) is 30.3 Å². The van der Waals surface area contributed by atoms with E-state index >= 15 is 0 Å². The molecule has 2 aromatic carbocycles. The summed E-state index contributed by atoms with van der Waals surface area (Å²) in [6, 6.07) is 12.6. The Balaban J connectivity index is 1.70. The van der Waals surface area contributed by atoms with E-state index in [9.17, 15) is 14.0 Å². The molecule has 0 bridgehead atoms. The van der Waals surface area contributed by atoms with Gasteiger partial charge in [0.25, 0.3) is 0 Å². The van der Waals surface area contributed by atoms with Gasteiger partial charge in [0.1, 0.15) is 11.9 Å². The van der Waals surface area contributed by atoms with Gasteiger partial charge < -0.3 is 10.1 Å². The molecule has 0 saturated carbocycles. The molecule has 0 fully saturated rings. The minimum atomic E-state index is -0.595. The summed E-state index contributed by atoms with van der Waals surface area (Å²) in [6.45, 7) is 0. The monoisotopic (exact) mass is 285 g/mol. The highest BCUT2D eigenvalue weighted by molar-refractivity contribution is 5.96. The van der Waals surface area contributed by atoms with E-state index in [0.717, 1.165) is 0 Å². The molecular weight excluding hydrogens is 273 g/mol. The third-order valence-electron chi connectivity index (χ3n) is 3.26. The highest BCUT2D eigenvalue weighted by Gasteiger charge is 2.31. The van der Waals surface area contributed by atoms with Crippen molar-refractivity contribution in [2.75, 3.05) is 5.32 Å². The number of cyclic esters (lactones) is 1. The Morgan fingerprint density at radius 3 is 2.81 bits per heavy atom. The maximum absolute atomic E-state index is 13.1. The van der Waals surface area contributed by atoms with Gasteiger partial charge in [-0.1, -0.05) is 24.3 Å². The van der Waals surface area contributed by atoms with Gasteiger partial charge >= 0.3 is 5.97 Å². The Kier molecular flexibility index (Phi) is 3.39. The van der Waals surface area contributed by atoms with Crippen LogP contribution in [0.3, 0.4) is 0 Å². The zero-order chi connectivity index (χ0) is 14.8. The molecule has 0 saturated heterocycles. The first-order valence-corrected chi connectivity index (χ1v) is 6.49. The van der Waals surface area contributed by atoms with Crippen LogP contribution < -0.4 is 5.32 Å². The standard InChI is InChI=1S/C16H12FNO3/c17-10-4-3-5-11(8-10)18-15(19)9-14-12-6-1-2-7-13(12)16(20)21-14/h1-8,14H,9H2,(H,18,19). The van der Waals surface area contributed by atoms with Crippen LogP contribution in [-0.2, 0) is 9.53 Å². The molecule has 1 N–H and O–H groups in total. The lowest BCUT2D eigenvalue weighted by atomic mass is 10.0. The quantitative estimate of drug-likeness (QED) is 0.882. The van der Waals surface area contributed by atoms with Crippen molar-refractivity contribution in [3.05, 3.63) is 65.5 Å². The number of fused-ring (bicyclic) bond motifs is 1. The maximum Gasteiger partial charge on any atom is 0.339 e. The summed E-state index contributed by atoms with van der Waals surface area (Å²) in [7, 11) is 0. The summed E-state index contributed by atoms with van der Waals surface area (Å²) in [5, 5.41) is 2.59. The molecule has 2 aromatic rings. The van der Waals surface area contributed by atoms with Crippen LogP contribution in [0.5, 0.6) is 0 Å². The first-order chi connectivity index (χ1) is 10.1. The summed E-state index contributed by atoms with van der Waals surface area (Å²) in [6.07, 6.45) is -0.596. The molecular formula is C16H12FNO3. The van der Waals surface area contributed by atoms with Crippen LogP contribution in [0.4, 0.5) is 10.1 Å². The average Bonchev–Trinajstić information content (AvgIpc) is 2.76. The predicted octanol–water partition coefficient (Wildman–Crippen LogP) is 3.07. The average molecular weight is 285 g/mol. The highest BCUT2D eigenvalue weighted by atomic mass is 19.1. The Bertz CT molecular complexity index is 714. The number of ether oxygens (including phenoxy) is 1. The van der Waals surface area contributed by atoms with Crippen molar-refractivity contribution in [2.24, 2.45) is 0 Å². The summed E-state index contributed by atoms with van der Waals surface area (Å²) < 4.78 is 18.2. The van der Waals surface area contributed by atoms with E-state index in [1.165, 1.54) is 18.2 Å². The van der Waals surface area contributed by atoms with Crippen molar-refractivity contribution in [2.45, 2.75) is 12.5 Å². The van der Waals surface area contributed by atoms with E-state index in [2.05, 4.69) is 5.32 Å². The van der Waals surface area contributed by atoms with Gasteiger partial charge in [-0.2, -0.15) is 0 Å². The molecule has 1 atom stereocenters. The van der Waals surface area contributed by atoms with Crippen molar-refractivity contribution >= 4 is 17.6 Å². The van der Waals surface area contributed by atoms with Crippen molar-refractivity contribution in [3.8, 4) is 0 Å². The van der Waals surface area contributed by atoms with Crippen LogP contribution in [0.2, 0.25) is 0 Å². The van der Waals surface area contributed by atoms with E-state index in [-0.39, 0.29) is 12.3 Å². The lowest BCUT2D eigenvalue weighted by molar-refractivity contribution is -0.118. The smallest absolute Gasteiger partial charge is 0.339 e. The minimum Gasteiger partial charge on any atom is -0.453 e. The lowest BCUT2D eigenvalue weighted by Crippen LogP contribution is -2.15. The fourth-order valence-electron chi connectivity index (χ4n) is 2.32. The van der Waals surface area contributed by atoms with Crippen molar-refractivity contribution in [1.82, 2.24) is 0 Å². The molecule has 106 valence electrons. The molecule has 1 unspecified atom stereocenters. The molecule has 0 radical (unpaired) electrons. The van der Waals surface area contributed by atoms with Crippen molar-refractivity contribution in [3.63, 3.8) is 0 Å². The first-order valence-electron chi connectivity index (χ1n) is 6.49. The number of benzene rings is 2. The second-order valence-corrected chi connectivity index (χ2v) is 4.74. The number of hydrogen-bond acceptors (Lipinski definition) is 3. The minimum absolute atomic E-state index is 0.000728. The number of carbonyl (C=O) groups excluding carboxylic acids is 2. The van der Waals surface area contributed by atoms with Crippen LogP contribution >= 0.6 is 0 Å². The second-order valence-electron chi connectivity index (χ2n) is 4.74. The third-order valence-corrected chi connectivity index (χ3v) is 3.26. The van der Waals surface area contributed by atoms with E-state index < -0.39 is 17.9 Å². The van der Waals surface area contributed by atoms with Gasteiger partial charge in [-0.05, 0) is 24.3 Å². The number of hydrogen-bond donors (Lipinski definition) is 1. The molecule has 1 amide bonds. The highest BCUT2D eigenvalue weighted by Crippen LogP contribution is 2.32. The van der Waals surface area contributed by atoms with Crippen LogP contribution in [0.15, 0.2) is 48.5 Å². The normalized spacial score (nSPS) is 16.2. The van der Waals surface area contributed by atoms with Gasteiger partial charge in [0.05, 0.1) is 12.0 Å². The number of amides is 1. The van der Waals surface area contributed by atoms with E-state index in [1.807, 2.05) is 0 Å². The van der Waals surface area contributed by atoms with Gasteiger partial charge in [-0.3, -0.25) is 4.79 Å². The lowest BCUT2D eigenvalue weighted by Gasteiger charge is -2.11. The van der Waals surface area contributed by atoms with Crippen LogP contribution in [-0.4, -0.2) is 11.9 Å². The number of carbonyl (C=O) groups is 2. The molecule has 4 nitrogen and oxygen atoms in total. The predicted molar refractivity (Wildman–Crippen MR) is 74.2 cm³/mol. The summed E-state index contributed by atoms with van der Waals surface area (Å²) in [5.41, 5.74) is 1.57. The van der Waals surface area contributed by atoms with Crippen LogP contribution in [0.1, 0.15) is 28.4 Å². The molecule has 1 heterocycles. The Morgan fingerprint density at radius 1 is 1.19 bits per heavy atom. The zero-order valence-corrected chi connectivity index (χ0v) is 11.0. The fourth-order valence-corrected chi connectivity index (χ4v) is 2.32. The van der Waals surface area contributed by atoms with E-state index in [4.69, 9.17) is 4.74 Å². The van der Waals surface area contributed by atoms with Gasteiger partial charge in [0.15, 0.2) is 0 Å². The molecule has 0 spiro atoms. The van der Waals surface area contributed by atoms with Gasteiger partial charge in [0.2, 0.25) is 5.91 Å². The number of nitrogens with one attached hydrogen (secondary N) is 1. The number of rotatable bonds is 3. The second kappa shape index (κ2) is 5.36. The van der Waals surface area contributed by atoms with Crippen molar-refractivity contribution < 1.29 is 18.7 Å². The van der Waals surface area contributed by atoms with Gasteiger partial charge in [-0.15, -0.1) is 0 Å². The topological polar surface area (TPSA) is 55.4 Å². The number of halogens is 1. The summed E-state index contributed by atoms with van der Waals surface area (Å²) in [5.74, 6) is -1.19. The van der Waals surface area contributed by atoms with Crippen molar-refractivity contribution in [1.29, 1.82) is 0 Å². The molecule has 1 aliphatic rings. The zero-order valence-electron chi connectivity index (χ0n) is 11.0. The third kappa shape index (κ3) is 2.76.